The fraction of sp³-hybridized carbons (Fsp3) is 0.533. The van der Waals surface area contributed by atoms with E-state index in [1.165, 1.54) is 32.1 Å². The van der Waals surface area contributed by atoms with Crippen LogP contribution < -0.4 is 0 Å². The van der Waals surface area contributed by atoms with Crippen molar-refractivity contribution in [1.29, 1.82) is 0 Å². The highest BCUT2D eigenvalue weighted by molar-refractivity contribution is 9.10. The lowest BCUT2D eigenvalue weighted by Gasteiger charge is -2.02. The van der Waals surface area contributed by atoms with Crippen molar-refractivity contribution >= 4 is 21.7 Å². The summed E-state index contributed by atoms with van der Waals surface area (Å²) in [5, 5.41) is 0. The van der Waals surface area contributed by atoms with Crippen LogP contribution in [-0.4, -0.2) is 5.78 Å². The maximum Gasteiger partial charge on any atom is 0.162 e. The summed E-state index contributed by atoms with van der Waals surface area (Å²) in [6, 6.07) is 7.66. The number of rotatable bonds is 8. The van der Waals surface area contributed by atoms with Crippen molar-refractivity contribution in [3.63, 3.8) is 0 Å². The highest BCUT2D eigenvalue weighted by Gasteiger charge is 2.05. The predicted octanol–water partition coefficient (Wildman–Crippen LogP) is 5.38. The molecule has 0 N–H and O–H groups in total. The Labute approximate surface area is 113 Å². The molecule has 0 unspecified atom stereocenters. The molecule has 0 heterocycles. The molecule has 0 atom stereocenters. The number of benzene rings is 1. The van der Waals surface area contributed by atoms with Crippen LogP contribution >= 0.6 is 15.9 Å². The van der Waals surface area contributed by atoms with Gasteiger partial charge in [0.25, 0.3) is 0 Å². The van der Waals surface area contributed by atoms with Gasteiger partial charge in [-0.1, -0.05) is 67.1 Å². The Balaban J connectivity index is 2.21. The number of hydrogen-bond donors (Lipinski definition) is 0. The minimum Gasteiger partial charge on any atom is -0.294 e. The quantitative estimate of drug-likeness (QED) is 0.465. The Bertz CT molecular complexity index is 347. The molecule has 0 spiro atoms. The third-order valence-electron chi connectivity index (χ3n) is 2.90. The van der Waals surface area contributed by atoms with E-state index in [0.717, 1.165) is 16.5 Å². The Hall–Kier alpha value is -0.630. The molecule has 0 amide bonds. The Kier molecular flexibility index (Phi) is 7.18. The molecular weight excluding hydrogens is 276 g/mol. The second-order valence-corrected chi connectivity index (χ2v) is 5.37. The molecule has 0 aliphatic heterocycles. The number of carbonyl (C=O) groups is 1. The number of hydrogen-bond acceptors (Lipinski definition) is 1. The van der Waals surface area contributed by atoms with Crippen LogP contribution in [-0.2, 0) is 0 Å². The first-order valence-electron chi connectivity index (χ1n) is 6.53. The zero-order valence-corrected chi connectivity index (χ0v) is 12.1. The van der Waals surface area contributed by atoms with Crippen LogP contribution in [0.15, 0.2) is 28.7 Å². The normalized spacial score (nSPS) is 10.5. The molecule has 1 rings (SSSR count). The third-order valence-corrected chi connectivity index (χ3v) is 3.40. The van der Waals surface area contributed by atoms with Crippen LogP contribution in [0, 0.1) is 0 Å². The average molecular weight is 297 g/mol. The molecule has 0 fully saturated rings. The summed E-state index contributed by atoms with van der Waals surface area (Å²) in [6.07, 6.45) is 8.05. The lowest BCUT2D eigenvalue weighted by Crippen LogP contribution is -1.98. The van der Waals surface area contributed by atoms with E-state index < -0.39 is 0 Å². The van der Waals surface area contributed by atoms with E-state index in [0.29, 0.717) is 6.42 Å². The van der Waals surface area contributed by atoms with Crippen molar-refractivity contribution in [3.8, 4) is 0 Å². The second-order valence-electron chi connectivity index (χ2n) is 4.45. The number of Topliss-reactive ketones (excluding diaryl/α,β-unsaturated/α-hetero) is 1. The second kappa shape index (κ2) is 8.46. The molecule has 0 radical (unpaired) electrons. The Morgan fingerprint density at radius 1 is 1.12 bits per heavy atom. The van der Waals surface area contributed by atoms with Gasteiger partial charge in [-0.15, -0.1) is 0 Å². The highest BCUT2D eigenvalue weighted by Crippen LogP contribution is 2.15. The molecule has 1 aromatic carbocycles. The van der Waals surface area contributed by atoms with Crippen LogP contribution in [0.1, 0.15) is 62.2 Å². The van der Waals surface area contributed by atoms with Gasteiger partial charge in [-0.05, 0) is 18.6 Å². The number of carbonyl (C=O) groups excluding carboxylic acids is 1. The van der Waals surface area contributed by atoms with Crippen molar-refractivity contribution in [2.45, 2.75) is 51.9 Å². The molecule has 94 valence electrons. The van der Waals surface area contributed by atoms with Gasteiger partial charge in [-0.25, -0.2) is 0 Å². The predicted molar refractivity (Wildman–Crippen MR) is 76.5 cm³/mol. The van der Waals surface area contributed by atoms with Gasteiger partial charge in [0, 0.05) is 16.5 Å². The third kappa shape index (κ3) is 6.02. The molecule has 1 aromatic rings. The van der Waals surface area contributed by atoms with Gasteiger partial charge in [0.2, 0.25) is 0 Å². The van der Waals surface area contributed by atoms with Crippen LogP contribution in [0.3, 0.4) is 0 Å². The Morgan fingerprint density at radius 2 is 1.82 bits per heavy atom. The minimum atomic E-state index is 0.266. The molecule has 0 aromatic heterocycles. The van der Waals surface area contributed by atoms with Crippen LogP contribution in [0.5, 0.6) is 0 Å². The van der Waals surface area contributed by atoms with Gasteiger partial charge < -0.3 is 0 Å². The van der Waals surface area contributed by atoms with E-state index >= 15 is 0 Å². The van der Waals surface area contributed by atoms with Gasteiger partial charge in [0.15, 0.2) is 5.78 Å². The van der Waals surface area contributed by atoms with E-state index in [-0.39, 0.29) is 5.78 Å². The SMILES string of the molecule is CCCCCCCCC(=O)c1cccc(Br)c1. The molecule has 0 saturated heterocycles. The molecule has 0 saturated carbocycles. The van der Waals surface area contributed by atoms with Gasteiger partial charge in [-0.2, -0.15) is 0 Å². The minimum absolute atomic E-state index is 0.266. The van der Waals surface area contributed by atoms with E-state index in [1.807, 2.05) is 24.3 Å². The standard InChI is InChI=1S/C15H21BrO/c1-2-3-4-5-6-7-11-15(17)13-9-8-10-14(16)12-13/h8-10,12H,2-7,11H2,1H3. The van der Waals surface area contributed by atoms with E-state index in [2.05, 4.69) is 22.9 Å². The first kappa shape index (κ1) is 14.4. The van der Waals surface area contributed by atoms with E-state index in [1.54, 1.807) is 0 Å². The summed E-state index contributed by atoms with van der Waals surface area (Å²) >= 11 is 3.39. The first-order valence-corrected chi connectivity index (χ1v) is 7.32. The summed E-state index contributed by atoms with van der Waals surface area (Å²) in [5.74, 6) is 0.266. The molecule has 0 aliphatic rings. The summed E-state index contributed by atoms with van der Waals surface area (Å²) in [4.78, 5) is 11.9. The lowest BCUT2D eigenvalue weighted by molar-refractivity contribution is 0.0979. The van der Waals surface area contributed by atoms with Crippen LogP contribution in [0.25, 0.3) is 0 Å². The van der Waals surface area contributed by atoms with Crippen LogP contribution in [0.2, 0.25) is 0 Å². The van der Waals surface area contributed by atoms with Gasteiger partial charge >= 0.3 is 0 Å². The molecule has 2 heteroatoms. The maximum absolute atomic E-state index is 11.9. The largest absolute Gasteiger partial charge is 0.294 e. The fourth-order valence-corrected chi connectivity index (χ4v) is 2.27. The summed E-state index contributed by atoms with van der Waals surface area (Å²) in [6.45, 7) is 2.22. The summed E-state index contributed by atoms with van der Waals surface area (Å²) < 4.78 is 0.978. The van der Waals surface area contributed by atoms with Crippen molar-refractivity contribution in [3.05, 3.63) is 34.3 Å². The summed E-state index contributed by atoms with van der Waals surface area (Å²) in [5.41, 5.74) is 0.827. The number of ketones is 1. The van der Waals surface area contributed by atoms with Crippen LogP contribution in [0.4, 0.5) is 0 Å². The number of unbranched alkanes of at least 4 members (excludes halogenated alkanes) is 5. The first-order chi connectivity index (χ1) is 8.24. The molecule has 0 bridgehead atoms. The zero-order chi connectivity index (χ0) is 12.5. The average Bonchev–Trinajstić information content (AvgIpc) is 2.33. The van der Waals surface area contributed by atoms with E-state index in [9.17, 15) is 4.79 Å². The van der Waals surface area contributed by atoms with Crippen molar-refractivity contribution < 1.29 is 4.79 Å². The van der Waals surface area contributed by atoms with Crippen molar-refractivity contribution in [1.82, 2.24) is 0 Å². The van der Waals surface area contributed by atoms with Gasteiger partial charge in [-0.3, -0.25) is 4.79 Å². The monoisotopic (exact) mass is 296 g/mol. The number of halogens is 1. The molecule has 1 nitrogen and oxygen atoms in total. The highest BCUT2D eigenvalue weighted by atomic mass is 79.9. The zero-order valence-electron chi connectivity index (χ0n) is 10.5. The summed E-state index contributed by atoms with van der Waals surface area (Å²) in [7, 11) is 0. The van der Waals surface area contributed by atoms with Crippen molar-refractivity contribution in [2.75, 3.05) is 0 Å². The molecule has 0 aliphatic carbocycles. The Morgan fingerprint density at radius 3 is 2.53 bits per heavy atom. The maximum atomic E-state index is 11.9. The fourth-order valence-electron chi connectivity index (χ4n) is 1.87. The smallest absolute Gasteiger partial charge is 0.162 e. The van der Waals surface area contributed by atoms with Crippen molar-refractivity contribution in [2.24, 2.45) is 0 Å². The topological polar surface area (TPSA) is 17.1 Å². The molecular formula is C15H21BrO. The molecule has 17 heavy (non-hydrogen) atoms. The van der Waals surface area contributed by atoms with Gasteiger partial charge in [0.1, 0.15) is 0 Å². The van der Waals surface area contributed by atoms with Gasteiger partial charge in [0.05, 0.1) is 0 Å². The lowest BCUT2D eigenvalue weighted by atomic mass is 10.0. The van der Waals surface area contributed by atoms with E-state index in [4.69, 9.17) is 0 Å².